The summed E-state index contributed by atoms with van der Waals surface area (Å²) in [4.78, 5) is 26.3. The Bertz CT molecular complexity index is 640. The second-order valence-electron chi connectivity index (χ2n) is 6.65. The zero-order valence-corrected chi connectivity index (χ0v) is 14.7. The van der Waals surface area contributed by atoms with E-state index < -0.39 is 9.75 Å². The van der Waals surface area contributed by atoms with Crippen LogP contribution >= 0.6 is 23.2 Å². The summed E-state index contributed by atoms with van der Waals surface area (Å²) in [5.41, 5.74) is 0.924. The predicted octanol–water partition coefficient (Wildman–Crippen LogP) is 3.12. The van der Waals surface area contributed by atoms with E-state index in [1.54, 1.807) is 19.2 Å². The molecule has 0 heterocycles. The maximum absolute atomic E-state index is 12.8. The summed E-state index contributed by atoms with van der Waals surface area (Å²) in [6.07, 6.45) is 2.55. The Labute approximate surface area is 146 Å². The lowest BCUT2D eigenvalue weighted by atomic mass is 10.1. The molecule has 2 saturated carbocycles. The van der Waals surface area contributed by atoms with Crippen molar-refractivity contribution in [2.24, 2.45) is 5.41 Å². The third-order valence-corrected chi connectivity index (χ3v) is 5.88. The molecule has 0 bridgehead atoms. The maximum Gasteiger partial charge on any atom is 0.251 e. The van der Waals surface area contributed by atoms with Gasteiger partial charge in [-0.3, -0.25) is 9.59 Å². The van der Waals surface area contributed by atoms with Crippen molar-refractivity contribution in [3.05, 3.63) is 35.4 Å². The first-order chi connectivity index (χ1) is 10.8. The highest BCUT2D eigenvalue weighted by Crippen LogP contribution is 2.65. The molecule has 0 spiro atoms. The summed E-state index contributed by atoms with van der Waals surface area (Å²) in [6, 6.07) is 7.60. The Kier molecular flexibility index (Phi) is 4.09. The third kappa shape index (κ3) is 3.07. The fourth-order valence-corrected chi connectivity index (χ4v) is 3.50. The number of rotatable bonds is 5. The Morgan fingerprint density at radius 3 is 2.26 bits per heavy atom. The van der Waals surface area contributed by atoms with Gasteiger partial charge < -0.3 is 10.2 Å². The maximum atomic E-state index is 12.8. The quantitative estimate of drug-likeness (QED) is 0.825. The van der Waals surface area contributed by atoms with Gasteiger partial charge in [0.2, 0.25) is 5.91 Å². The number of nitrogens with zero attached hydrogens (tertiary/aromatic N) is 1. The van der Waals surface area contributed by atoms with Gasteiger partial charge in [-0.1, -0.05) is 12.1 Å². The SMILES string of the molecule is CNC(=O)c1ccc(CN(C(=O)C2(C)CC2(Cl)Cl)C2CC2)cc1. The fraction of sp³-hybridized carbons (Fsp3) is 0.529. The molecule has 1 aromatic carbocycles. The van der Waals surface area contributed by atoms with Crippen LogP contribution in [0.3, 0.4) is 0 Å². The molecule has 0 radical (unpaired) electrons. The van der Waals surface area contributed by atoms with E-state index in [0.29, 0.717) is 18.5 Å². The first kappa shape index (κ1) is 16.6. The molecule has 124 valence electrons. The molecule has 0 aliphatic heterocycles. The van der Waals surface area contributed by atoms with Crippen molar-refractivity contribution in [1.82, 2.24) is 10.2 Å². The summed E-state index contributed by atoms with van der Waals surface area (Å²) in [5, 5.41) is 2.59. The Balaban J connectivity index is 1.73. The summed E-state index contributed by atoms with van der Waals surface area (Å²) in [5.74, 6) is -0.0911. The van der Waals surface area contributed by atoms with Crippen LogP contribution in [0, 0.1) is 5.41 Å². The van der Waals surface area contributed by atoms with Gasteiger partial charge in [-0.05, 0) is 43.9 Å². The Morgan fingerprint density at radius 1 is 1.26 bits per heavy atom. The average molecular weight is 355 g/mol. The van der Waals surface area contributed by atoms with Crippen LogP contribution in [0.1, 0.15) is 42.1 Å². The number of hydrogen-bond acceptors (Lipinski definition) is 2. The number of benzene rings is 1. The summed E-state index contributed by atoms with van der Waals surface area (Å²) >= 11 is 12.3. The molecular weight excluding hydrogens is 335 g/mol. The Morgan fingerprint density at radius 2 is 1.83 bits per heavy atom. The van der Waals surface area contributed by atoms with E-state index in [0.717, 1.165) is 18.4 Å². The van der Waals surface area contributed by atoms with Crippen molar-refractivity contribution in [3.63, 3.8) is 0 Å². The van der Waals surface area contributed by atoms with Crippen LogP contribution in [-0.2, 0) is 11.3 Å². The zero-order chi connectivity index (χ0) is 16.8. The second kappa shape index (κ2) is 5.67. The van der Waals surface area contributed by atoms with E-state index in [1.165, 1.54) is 0 Å². The molecule has 0 saturated heterocycles. The van der Waals surface area contributed by atoms with Crippen molar-refractivity contribution in [3.8, 4) is 0 Å². The number of carbonyl (C=O) groups excluding carboxylic acids is 2. The van der Waals surface area contributed by atoms with Gasteiger partial charge in [0.25, 0.3) is 5.91 Å². The normalized spacial score (nSPS) is 24.9. The van der Waals surface area contributed by atoms with Gasteiger partial charge in [0.1, 0.15) is 4.33 Å². The van der Waals surface area contributed by atoms with Crippen molar-refractivity contribution < 1.29 is 9.59 Å². The van der Waals surface area contributed by atoms with Gasteiger partial charge >= 0.3 is 0 Å². The lowest BCUT2D eigenvalue weighted by molar-refractivity contribution is -0.137. The molecule has 2 amide bonds. The second-order valence-corrected chi connectivity index (χ2v) is 8.14. The van der Waals surface area contributed by atoms with Crippen molar-refractivity contribution in [2.45, 2.75) is 43.1 Å². The number of alkyl halides is 2. The molecule has 2 fully saturated rings. The third-order valence-electron chi connectivity index (χ3n) is 4.77. The van der Waals surface area contributed by atoms with E-state index in [-0.39, 0.29) is 17.9 Å². The molecule has 4 nitrogen and oxygen atoms in total. The predicted molar refractivity (Wildman–Crippen MR) is 90.6 cm³/mol. The minimum Gasteiger partial charge on any atom is -0.355 e. The number of nitrogens with one attached hydrogen (secondary N) is 1. The minimum atomic E-state index is -0.944. The number of halogens is 2. The van der Waals surface area contributed by atoms with Crippen LogP contribution in [-0.4, -0.2) is 34.1 Å². The Hall–Kier alpha value is -1.26. The van der Waals surface area contributed by atoms with Crippen LogP contribution in [0.2, 0.25) is 0 Å². The standard InChI is InChI=1S/C17H20Cl2N2O2/c1-16(10-17(16,18)19)15(23)21(13-7-8-13)9-11-3-5-12(6-4-11)14(22)20-2/h3-6,13H,7-10H2,1-2H3,(H,20,22). The molecule has 1 atom stereocenters. The highest BCUT2D eigenvalue weighted by Gasteiger charge is 2.69. The van der Waals surface area contributed by atoms with Gasteiger partial charge in [0, 0.05) is 25.2 Å². The van der Waals surface area contributed by atoms with Crippen LogP contribution < -0.4 is 5.32 Å². The number of hydrogen-bond donors (Lipinski definition) is 1. The molecule has 6 heteroatoms. The molecule has 0 aromatic heterocycles. The fourth-order valence-electron chi connectivity index (χ4n) is 2.80. The van der Waals surface area contributed by atoms with Crippen LogP contribution in [0.5, 0.6) is 0 Å². The highest BCUT2D eigenvalue weighted by molar-refractivity contribution is 6.53. The van der Waals surface area contributed by atoms with Crippen molar-refractivity contribution >= 4 is 35.0 Å². The van der Waals surface area contributed by atoms with Gasteiger partial charge in [-0.2, -0.15) is 0 Å². The first-order valence-corrected chi connectivity index (χ1v) is 8.54. The largest absolute Gasteiger partial charge is 0.355 e. The molecule has 1 unspecified atom stereocenters. The summed E-state index contributed by atoms with van der Waals surface area (Å²) in [6.45, 7) is 2.36. The molecule has 23 heavy (non-hydrogen) atoms. The monoisotopic (exact) mass is 354 g/mol. The topological polar surface area (TPSA) is 49.4 Å². The zero-order valence-electron chi connectivity index (χ0n) is 13.2. The molecule has 2 aliphatic carbocycles. The number of amides is 2. The lowest BCUT2D eigenvalue weighted by Gasteiger charge is -2.27. The van der Waals surface area contributed by atoms with Gasteiger partial charge in [0.15, 0.2) is 0 Å². The van der Waals surface area contributed by atoms with E-state index in [4.69, 9.17) is 23.2 Å². The van der Waals surface area contributed by atoms with E-state index in [2.05, 4.69) is 5.32 Å². The first-order valence-electron chi connectivity index (χ1n) is 7.78. The van der Waals surface area contributed by atoms with Gasteiger partial charge in [-0.15, -0.1) is 23.2 Å². The summed E-state index contributed by atoms with van der Waals surface area (Å²) in [7, 11) is 1.60. The summed E-state index contributed by atoms with van der Waals surface area (Å²) < 4.78 is -0.944. The molecule has 2 aliphatic rings. The molecular formula is C17H20Cl2N2O2. The molecule has 1 N–H and O–H groups in total. The van der Waals surface area contributed by atoms with Gasteiger partial charge in [-0.25, -0.2) is 0 Å². The van der Waals surface area contributed by atoms with Crippen molar-refractivity contribution in [2.75, 3.05) is 7.05 Å². The van der Waals surface area contributed by atoms with Crippen LogP contribution in [0.15, 0.2) is 24.3 Å². The smallest absolute Gasteiger partial charge is 0.251 e. The van der Waals surface area contributed by atoms with E-state index >= 15 is 0 Å². The minimum absolute atomic E-state index is 0.0281. The molecule has 3 rings (SSSR count). The van der Waals surface area contributed by atoms with Gasteiger partial charge in [0.05, 0.1) is 5.41 Å². The average Bonchev–Trinajstić information content (AvgIpc) is 3.42. The lowest BCUT2D eigenvalue weighted by Crippen LogP contribution is -2.39. The van der Waals surface area contributed by atoms with E-state index in [1.807, 2.05) is 24.0 Å². The van der Waals surface area contributed by atoms with Crippen LogP contribution in [0.25, 0.3) is 0 Å². The number of carbonyl (C=O) groups is 2. The van der Waals surface area contributed by atoms with Crippen LogP contribution in [0.4, 0.5) is 0 Å². The molecule has 1 aromatic rings. The van der Waals surface area contributed by atoms with E-state index in [9.17, 15) is 9.59 Å². The van der Waals surface area contributed by atoms with Crippen molar-refractivity contribution in [1.29, 1.82) is 0 Å². The highest BCUT2D eigenvalue weighted by atomic mass is 35.5.